The normalized spacial score (nSPS) is 16.8. The van der Waals surface area contributed by atoms with Gasteiger partial charge < -0.3 is 20.3 Å². The highest BCUT2D eigenvalue weighted by Gasteiger charge is 2.17. The van der Waals surface area contributed by atoms with Crippen LogP contribution in [0.2, 0.25) is 0 Å². The van der Waals surface area contributed by atoms with Gasteiger partial charge in [0.25, 0.3) is 0 Å². The molecule has 0 radical (unpaired) electrons. The Hall–Kier alpha value is -2.47. The molecule has 0 saturated carbocycles. The zero-order valence-electron chi connectivity index (χ0n) is 14.1. The summed E-state index contributed by atoms with van der Waals surface area (Å²) in [6, 6.07) is 9.85. The molecule has 2 heterocycles. The fourth-order valence-corrected chi connectivity index (χ4v) is 2.86. The van der Waals surface area contributed by atoms with Gasteiger partial charge in [0.2, 0.25) is 5.95 Å². The second-order valence-corrected chi connectivity index (χ2v) is 6.31. The second-order valence-electron chi connectivity index (χ2n) is 6.31. The van der Waals surface area contributed by atoms with Crippen molar-refractivity contribution in [1.82, 2.24) is 14.9 Å². The molecule has 1 fully saturated rings. The number of likely N-dealkylation sites (N-methyl/N-ethyl adjacent to an activating group) is 1. The van der Waals surface area contributed by atoms with Crippen molar-refractivity contribution in [2.75, 3.05) is 43.9 Å². The van der Waals surface area contributed by atoms with E-state index in [-0.39, 0.29) is 11.9 Å². The molecule has 0 amide bonds. The van der Waals surface area contributed by atoms with Gasteiger partial charge >= 0.3 is 0 Å². The molecule has 126 valence electrons. The SMILES string of the molecule is CC(C=O)c1cccc(-c2cc(N3CCN(C)CC3)nc(N)n2)c1. The Morgan fingerprint density at radius 1 is 1.17 bits per heavy atom. The van der Waals surface area contributed by atoms with E-state index in [1.165, 1.54) is 0 Å². The van der Waals surface area contributed by atoms with Gasteiger partial charge in [0.1, 0.15) is 12.1 Å². The van der Waals surface area contributed by atoms with Crippen LogP contribution in [0, 0.1) is 0 Å². The zero-order chi connectivity index (χ0) is 17.1. The highest BCUT2D eigenvalue weighted by atomic mass is 16.1. The molecule has 2 aromatic rings. The van der Waals surface area contributed by atoms with E-state index in [2.05, 4.69) is 26.8 Å². The van der Waals surface area contributed by atoms with Gasteiger partial charge in [0, 0.05) is 43.7 Å². The molecule has 1 aromatic heterocycles. The number of nitrogens with two attached hydrogens (primary N) is 1. The number of carbonyl (C=O) groups excluding carboxylic acids is 1. The Balaban J connectivity index is 1.93. The van der Waals surface area contributed by atoms with Crippen molar-refractivity contribution < 1.29 is 4.79 Å². The molecule has 6 heteroatoms. The molecule has 1 saturated heterocycles. The average molecular weight is 325 g/mol. The predicted molar refractivity (Wildman–Crippen MR) is 96.1 cm³/mol. The number of nitrogen functional groups attached to an aromatic ring is 1. The van der Waals surface area contributed by atoms with Crippen LogP contribution in [0.4, 0.5) is 11.8 Å². The van der Waals surface area contributed by atoms with Crippen LogP contribution in [-0.4, -0.2) is 54.4 Å². The van der Waals surface area contributed by atoms with Gasteiger partial charge in [-0.05, 0) is 18.7 Å². The van der Waals surface area contributed by atoms with Crippen LogP contribution in [0.5, 0.6) is 0 Å². The smallest absolute Gasteiger partial charge is 0.222 e. The number of nitrogens with zero attached hydrogens (tertiary/aromatic N) is 4. The van der Waals surface area contributed by atoms with E-state index >= 15 is 0 Å². The molecule has 1 aromatic carbocycles. The molecule has 1 atom stereocenters. The lowest BCUT2D eigenvalue weighted by atomic mass is 9.99. The molecule has 6 nitrogen and oxygen atoms in total. The number of hydrogen-bond donors (Lipinski definition) is 1. The molecule has 0 bridgehead atoms. The highest BCUT2D eigenvalue weighted by Crippen LogP contribution is 2.26. The van der Waals surface area contributed by atoms with E-state index in [0.29, 0.717) is 0 Å². The van der Waals surface area contributed by atoms with Crippen LogP contribution < -0.4 is 10.6 Å². The average Bonchev–Trinajstić information content (AvgIpc) is 2.61. The fourth-order valence-electron chi connectivity index (χ4n) is 2.86. The van der Waals surface area contributed by atoms with Crippen LogP contribution >= 0.6 is 0 Å². The topological polar surface area (TPSA) is 75.4 Å². The van der Waals surface area contributed by atoms with Gasteiger partial charge in [-0.2, -0.15) is 4.98 Å². The first kappa shape index (κ1) is 16.4. The maximum atomic E-state index is 11.0. The third kappa shape index (κ3) is 3.54. The van der Waals surface area contributed by atoms with Crippen molar-refractivity contribution in [3.63, 3.8) is 0 Å². The lowest BCUT2D eigenvalue weighted by Crippen LogP contribution is -2.44. The largest absolute Gasteiger partial charge is 0.368 e. The van der Waals surface area contributed by atoms with Crippen LogP contribution in [0.1, 0.15) is 18.4 Å². The number of aldehydes is 1. The van der Waals surface area contributed by atoms with Crippen molar-refractivity contribution in [2.45, 2.75) is 12.8 Å². The lowest BCUT2D eigenvalue weighted by Gasteiger charge is -2.33. The summed E-state index contributed by atoms with van der Waals surface area (Å²) in [6.07, 6.45) is 0.948. The van der Waals surface area contributed by atoms with E-state index in [0.717, 1.165) is 55.1 Å². The maximum Gasteiger partial charge on any atom is 0.222 e. The molecule has 3 rings (SSSR count). The summed E-state index contributed by atoms with van der Waals surface area (Å²) in [5.41, 5.74) is 8.65. The predicted octanol–water partition coefficient (Wildman–Crippen LogP) is 1.78. The van der Waals surface area contributed by atoms with E-state index < -0.39 is 0 Å². The number of carbonyl (C=O) groups is 1. The fraction of sp³-hybridized carbons (Fsp3) is 0.389. The molecule has 24 heavy (non-hydrogen) atoms. The molecule has 0 aliphatic carbocycles. The number of hydrogen-bond acceptors (Lipinski definition) is 6. The summed E-state index contributed by atoms with van der Waals surface area (Å²) in [7, 11) is 2.12. The molecular weight excluding hydrogens is 302 g/mol. The van der Waals surface area contributed by atoms with Gasteiger partial charge in [-0.15, -0.1) is 0 Å². The third-order valence-corrected chi connectivity index (χ3v) is 4.47. The molecule has 1 aliphatic rings. The van der Waals surface area contributed by atoms with Crippen molar-refractivity contribution >= 4 is 18.1 Å². The number of anilines is 2. The third-order valence-electron chi connectivity index (χ3n) is 4.47. The summed E-state index contributed by atoms with van der Waals surface area (Å²) < 4.78 is 0. The van der Waals surface area contributed by atoms with Crippen molar-refractivity contribution in [1.29, 1.82) is 0 Å². The standard InChI is InChI=1S/C18H23N5O/c1-13(12-24)14-4-3-5-15(10-14)16-11-17(21-18(19)20-16)23-8-6-22(2)7-9-23/h3-5,10-13H,6-9H2,1-2H3,(H2,19,20,21). The Kier molecular flexibility index (Phi) is 4.76. The second kappa shape index (κ2) is 6.97. The summed E-state index contributed by atoms with van der Waals surface area (Å²) in [5, 5.41) is 0. The Labute approximate surface area is 142 Å². The van der Waals surface area contributed by atoms with E-state index in [9.17, 15) is 4.79 Å². The number of aromatic nitrogens is 2. The van der Waals surface area contributed by atoms with Gasteiger partial charge in [-0.25, -0.2) is 4.98 Å². The lowest BCUT2D eigenvalue weighted by molar-refractivity contribution is -0.108. The summed E-state index contributed by atoms with van der Waals surface area (Å²) in [4.78, 5) is 24.4. The first-order valence-electron chi connectivity index (χ1n) is 8.20. The van der Waals surface area contributed by atoms with Crippen LogP contribution in [-0.2, 0) is 4.79 Å². The van der Waals surface area contributed by atoms with E-state index in [1.54, 1.807) is 0 Å². The van der Waals surface area contributed by atoms with Crippen molar-refractivity contribution in [3.05, 3.63) is 35.9 Å². The van der Waals surface area contributed by atoms with Crippen LogP contribution in [0.15, 0.2) is 30.3 Å². The number of piperazine rings is 1. The zero-order valence-corrected chi connectivity index (χ0v) is 14.1. The van der Waals surface area contributed by atoms with Crippen molar-refractivity contribution in [2.24, 2.45) is 0 Å². The Morgan fingerprint density at radius 2 is 1.92 bits per heavy atom. The molecule has 1 aliphatic heterocycles. The van der Waals surface area contributed by atoms with Gasteiger partial charge in [-0.1, -0.05) is 25.1 Å². The summed E-state index contributed by atoms with van der Waals surface area (Å²) >= 11 is 0. The molecular formula is C18H23N5O. The first-order valence-corrected chi connectivity index (χ1v) is 8.20. The highest BCUT2D eigenvalue weighted by molar-refractivity contribution is 5.68. The minimum atomic E-state index is -0.138. The molecule has 1 unspecified atom stereocenters. The molecule has 2 N–H and O–H groups in total. The van der Waals surface area contributed by atoms with Gasteiger partial charge in [0.05, 0.1) is 5.69 Å². The minimum Gasteiger partial charge on any atom is -0.368 e. The van der Waals surface area contributed by atoms with E-state index in [1.807, 2.05) is 37.3 Å². The number of rotatable bonds is 4. The van der Waals surface area contributed by atoms with Crippen LogP contribution in [0.25, 0.3) is 11.3 Å². The summed E-state index contributed by atoms with van der Waals surface area (Å²) in [5.74, 6) is 0.996. The quantitative estimate of drug-likeness (QED) is 0.864. The van der Waals surface area contributed by atoms with Crippen molar-refractivity contribution in [3.8, 4) is 11.3 Å². The molecule has 0 spiro atoms. The summed E-state index contributed by atoms with van der Waals surface area (Å²) in [6.45, 7) is 5.75. The minimum absolute atomic E-state index is 0.138. The maximum absolute atomic E-state index is 11.0. The number of benzene rings is 1. The van der Waals surface area contributed by atoms with Gasteiger partial charge in [0.15, 0.2) is 0 Å². The monoisotopic (exact) mass is 325 g/mol. The Morgan fingerprint density at radius 3 is 2.62 bits per heavy atom. The van der Waals surface area contributed by atoms with Gasteiger partial charge in [-0.3, -0.25) is 0 Å². The van der Waals surface area contributed by atoms with Crippen LogP contribution in [0.3, 0.4) is 0 Å². The Bertz CT molecular complexity index is 725. The van der Waals surface area contributed by atoms with E-state index in [4.69, 9.17) is 5.73 Å². The first-order chi connectivity index (χ1) is 11.6.